The van der Waals surface area contributed by atoms with E-state index in [9.17, 15) is 9.59 Å². The summed E-state index contributed by atoms with van der Waals surface area (Å²) in [6.45, 7) is 8.35. The molecule has 0 radical (unpaired) electrons. The van der Waals surface area contributed by atoms with Gasteiger partial charge in [0.1, 0.15) is 11.6 Å². The maximum absolute atomic E-state index is 13.9. The summed E-state index contributed by atoms with van der Waals surface area (Å²) >= 11 is 0. The first-order chi connectivity index (χ1) is 19.3. The van der Waals surface area contributed by atoms with Crippen molar-refractivity contribution in [3.8, 4) is 39.4 Å². The van der Waals surface area contributed by atoms with E-state index < -0.39 is 5.76 Å². The lowest BCUT2D eigenvalue weighted by molar-refractivity contribution is 0.242. The van der Waals surface area contributed by atoms with Gasteiger partial charge in [0.05, 0.1) is 23.9 Å². The van der Waals surface area contributed by atoms with Crippen molar-refractivity contribution in [3.63, 3.8) is 0 Å². The van der Waals surface area contributed by atoms with Crippen LogP contribution in [-0.2, 0) is 13.0 Å². The van der Waals surface area contributed by atoms with Crippen molar-refractivity contribution in [1.29, 1.82) is 0 Å². The molecule has 0 aliphatic heterocycles. The molecule has 0 aliphatic carbocycles. The van der Waals surface area contributed by atoms with Crippen LogP contribution in [0.2, 0.25) is 0 Å². The molecule has 0 fully saturated rings. The second-order valence-corrected chi connectivity index (χ2v) is 10.0. The van der Waals surface area contributed by atoms with Crippen LogP contribution in [0.5, 0.6) is 5.75 Å². The molecule has 40 heavy (non-hydrogen) atoms. The molecular formula is C32H32N4O4. The molecule has 0 saturated carbocycles. The lowest BCUT2D eigenvalue weighted by atomic mass is 9.98. The number of aryl methyl sites for hydroxylation is 2. The topological polar surface area (TPSA) is 103 Å². The monoisotopic (exact) mass is 536 g/mol. The molecule has 3 aromatic carbocycles. The van der Waals surface area contributed by atoms with Crippen molar-refractivity contribution >= 4 is 0 Å². The van der Waals surface area contributed by atoms with Gasteiger partial charge in [-0.25, -0.2) is 9.78 Å². The number of nitrogens with one attached hydrogen (secondary N) is 1. The Hall–Kier alpha value is -4.72. The summed E-state index contributed by atoms with van der Waals surface area (Å²) in [5.74, 6) is 1.32. The van der Waals surface area contributed by atoms with Gasteiger partial charge in [-0.05, 0) is 61.6 Å². The first-order valence-electron chi connectivity index (χ1n) is 13.5. The third-order valence-electron chi connectivity index (χ3n) is 6.65. The highest BCUT2D eigenvalue weighted by Gasteiger charge is 2.17. The van der Waals surface area contributed by atoms with E-state index in [1.165, 1.54) is 0 Å². The Morgan fingerprint density at radius 2 is 1.60 bits per heavy atom. The van der Waals surface area contributed by atoms with Crippen LogP contribution in [0.25, 0.3) is 33.6 Å². The minimum absolute atomic E-state index is 0.0575. The molecule has 2 heterocycles. The third kappa shape index (κ3) is 5.66. The second-order valence-electron chi connectivity index (χ2n) is 10.0. The average Bonchev–Trinajstić information content (AvgIpc) is 3.38. The van der Waals surface area contributed by atoms with E-state index in [0.29, 0.717) is 24.4 Å². The maximum atomic E-state index is 13.9. The zero-order valence-electron chi connectivity index (χ0n) is 23.1. The normalized spacial score (nSPS) is 11.2. The van der Waals surface area contributed by atoms with Gasteiger partial charge in [-0.2, -0.15) is 0 Å². The van der Waals surface area contributed by atoms with Gasteiger partial charge in [0.25, 0.3) is 5.56 Å². The van der Waals surface area contributed by atoms with Crippen LogP contribution in [0.4, 0.5) is 0 Å². The summed E-state index contributed by atoms with van der Waals surface area (Å²) in [6.07, 6.45) is 1.66. The molecule has 0 bridgehead atoms. The van der Waals surface area contributed by atoms with Gasteiger partial charge in [0.15, 0.2) is 5.82 Å². The van der Waals surface area contributed by atoms with E-state index in [1.807, 2.05) is 93.6 Å². The molecule has 1 N–H and O–H groups in total. The molecule has 0 amide bonds. The summed E-state index contributed by atoms with van der Waals surface area (Å²) in [7, 11) is 0. The van der Waals surface area contributed by atoms with Crippen LogP contribution in [0, 0.1) is 6.92 Å². The zero-order chi connectivity index (χ0) is 28.2. The predicted octanol–water partition coefficient (Wildman–Crippen LogP) is 6.02. The number of ether oxygens (including phenoxy) is 1. The van der Waals surface area contributed by atoms with Crippen molar-refractivity contribution in [2.75, 3.05) is 0 Å². The number of aromatic nitrogens is 4. The standard InChI is InChI=1S/C32H32N4O4/c1-5-8-28-33-21(4)29(24-15-17-25(18-16-24)39-20(2)3)31(37)36(28)19-22-11-13-23(14-12-22)26-9-6-7-10-27(26)30-34-32(38)40-35-30/h6-7,9-18,20H,5,8,19H2,1-4H3,(H,34,35,38). The minimum atomic E-state index is -0.598. The van der Waals surface area contributed by atoms with Gasteiger partial charge in [-0.3, -0.25) is 18.9 Å². The molecule has 204 valence electrons. The van der Waals surface area contributed by atoms with Crippen LogP contribution in [-0.4, -0.2) is 25.8 Å². The van der Waals surface area contributed by atoms with Crippen LogP contribution in [0.3, 0.4) is 0 Å². The number of nitrogens with zero attached hydrogens (tertiary/aromatic N) is 3. The van der Waals surface area contributed by atoms with Gasteiger partial charge in [0.2, 0.25) is 0 Å². The summed E-state index contributed by atoms with van der Waals surface area (Å²) in [6, 6.07) is 23.3. The van der Waals surface area contributed by atoms with Crippen LogP contribution in [0.15, 0.2) is 86.9 Å². The first-order valence-corrected chi connectivity index (χ1v) is 13.5. The summed E-state index contributed by atoms with van der Waals surface area (Å²) in [5, 5.41) is 3.84. The van der Waals surface area contributed by atoms with Crippen LogP contribution < -0.4 is 16.1 Å². The number of hydrogen-bond donors (Lipinski definition) is 1. The molecule has 0 atom stereocenters. The molecule has 0 saturated heterocycles. The van der Waals surface area contributed by atoms with Crippen molar-refractivity contribution in [2.24, 2.45) is 0 Å². The summed E-state index contributed by atoms with van der Waals surface area (Å²) in [5.41, 5.74) is 5.69. The Labute approximate surface area is 232 Å². The van der Waals surface area contributed by atoms with Gasteiger partial charge in [0, 0.05) is 12.0 Å². The highest BCUT2D eigenvalue weighted by Crippen LogP contribution is 2.30. The Balaban J connectivity index is 1.48. The smallest absolute Gasteiger partial charge is 0.439 e. The van der Waals surface area contributed by atoms with Crippen molar-refractivity contribution in [3.05, 3.63) is 111 Å². The Kier molecular flexibility index (Phi) is 7.77. The fourth-order valence-corrected chi connectivity index (χ4v) is 4.86. The molecule has 8 nitrogen and oxygen atoms in total. The number of benzene rings is 3. The number of aromatic amines is 1. The zero-order valence-corrected chi connectivity index (χ0v) is 23.1. The number of H-pyrrole nitrogens is 1. The Morgan fingerprint density at radius 1 is 0.925 bits per heavy atom. The molecule has 0 spiro atoms. The predicted molar refractivity (Wildman–Crippen MR) is 156 cm³/mol. The van der Waals surface area contributed by atoms with E-state index in [0.717, 1.165) is 51.5 Å². The molecule has 5 rings (SSSR count). The average molecular weight is 537 g/mol. The second kappa shape index (κ2) is 11.6. The Morgan fingerprint density at radius 3 is 2.23 bits per heavy atom. The van der Waals surface area contributed by atoms with Gasteiger partial charge >= 0.3 is 5.76 Å². The first kappa shape index (κ1) is 26.9. The van der Waals surface area contributed by atoms with Crippen molar-refractivity contribution in [2.45, 2.75) is 53.2 Å². The largest absolute Gasteiger partial charge is 0.491 e. The summed E-state index contributed by atoms with van der Waals surface area (Å²) in [4.78, 5) is 32.9. The fourth-order valence-electron chi connectivity index (χ4n) is 4.86. The lowest BCUT2D eigenvalue weighted by Gasteiger charge is -2.17. The number of hydrogen-bond acceptors (Lipinski definition) is 6. The summed E-state index contributed by atoms with van der Waals surface area (Å²) < 4.78 is 12.3. The van der Waals surface area contributed by atoms with E-state index in [-0.39, 0.29) is 11.7 Å². The van der Waals surface area contributed by atoms with Crippen molar-refractivity contribution < 1.29 is 9.26 Å². The third-order valence-corrected chi connectivity index (χ3v) is 6.65. The van der Waals surface area contributed by atoms with Crippen molar-refractivity contribution in [1.82, 2.24) is 19.7 Å². The van der Waals surface area contributed by atoms with Crippen LogP contribution in [0.1, 0.15) is 44.3 Å². The van der Waals surface area contributed by atoms with Gasteiger partial charge in [-0.1, -0.05) is 72.7 Å². The molecule has 5 aromatic rings. The molecule has 0 aliphatic rings. The molecule has 2 aromatic heterocycles. The highest BCUT2D eigenvalue weighted by atomic mass is 16.5. The highest BCUT2D eigenvalue weighted by molar-refractivity contribution is 5.80. The lowest BCUT2D eigenvalue weighted by Crippen LogP contribution is -2.28. The fraction of sp³-hybridized carbons (Fsp3) is 0.250. The molecule has 8 heteroatoms. The van der Waals surface area contributed by atoms with E-state index in [1.54, 1.807) is 4.57 Å². The maximum Gasteiger partial charge on any atom is 0.439 e. The SMILES string of the molecule is CCCc1nc(C)c(-c2ccc(OC(C)C)cc2)c(=O)n1Cc1ccc(-c2ccccc2-c2noc(=O)[nH]2)cc1. The number of rotatable bonds is 9. The van der Waals surface area contributed by atoms with E-state index in [4.69, 9.17) is 14.2 Å². The Bertz CT molecular complexity index is 1730. The van der Waals surface area contributed by atoms with Gasteiger partial charge in [-0.15, -0.1) is 0 Å². The molecular weight excluding hydrogens is 504 g/mol. The van der Waals surface area contributed by atoms with Gasteiger partial charge < -0.3 is 4.74 Å². The van der Waals surface area contributed by atoms with E-state index >= 15 is 0 Å². The molecule has 0 unspecified atom stereocenters. The van der Waals surface area contributed by atoms with E-state index in [2.05, 4.69) is 17.1 Å². The van der Waals surface area contributed by atoms with Crippen LogP contribution >= 0.6 is 0 Å². The quantitative estimate of drug-likeness (QED) is 0.247. The minimum Gasteiger partial charge on any atom is -0.491 e.